The zero-order valence-corrected chi connectivity index (χ0v) is 13.1. The van der Waals surface area contributed by atoms with Crippen LogP contribution < -0.4 is 10.2 Å². The lowest BCUT2D eigenvalue weighted by Crippen LogP contribution is -2.45. The summed E-state index contributed by atoms with van der Waals surface area (Å²) in [5, 5.41) is 7.54. The zero-order valence-electron chi connectivity index (χ0n) is 13.1. The molecule has 1 amide bonds. The largest absolute Gasteiger partial charge is 0.310 e. The molecule has 22 heavy (non-hydrogen) atoms. The van der Waals surface area contributed by atoms with E-state index in [0.29, 0.717) is 0 Å². The average molecular weight is 298 g/mol. The fourth-order valence-electron chi connectivity index (χ4n) is 2.87. The highest BCUT2D eigenvalue weighted by Crippen LogP contribution is 2.27. The minimum absolute atomic E-state index is 0.140. The summed E-state index contributed by atoms with van der Waals surface area (Å²) in [7, 11) is 0. The monoisotopic (exact) mass is 298 g/mol. The molecule has 0 saturated heterocycles. The molecule has 2 heterocycles. The van der Waals surface area contributed by atoms with Crippen LogP contribution in [0.4, 0.5) is 5.69 Å². The van der Waals surface area contributed by atoms with E-state index in [9.17, 15) is 4.79 Å². The Hall–Kier alpha value is -2.14. The van der Waals surface area contributed by atoms with Gasteiger partial charge in [0.1, 0.15) is 0 Å². The van der Waals surface area contributed by atoms with Gasteiger partial charge in [-0.2, -0.15) is 5.10 Å². The maximum Gasteiger partial charge on any atom is 0.243 e. The molecule has 0 aliphatic carbocycles. The number of aromatic nitrogens is 2. The lowest BCUT2D eigenvalue weighted by Gasteiger charge is -2.22. The quantitative estimate of drug-likeness (QED) is 0.915. The van der Waals surface area contributed by atoms with Crippen LogP contribution in [0.25, 0.3) is 0 Å². The van der Waals surface area contributed by atoms with Crippen molar-refractivity contribution < 1.29 is 4.79 Å². The highest BCUT2D eigenvalue weighted by Gasteiger charge is 2.27. The number of nitrogens with one attached hydrogen (secondary N) is 1. The van der Waals surface area contributed by atoms with Gasteiger partial charge in [0.05, 0.1) is 18.8 Å². The lowest BCUT2D eigenvalue weighted by atomic mass is 10.2. The van der Waals surface area contributed by atoms with Gasteiger partial charge in [0, 0.05) is 25.0 Å². The molecule has 5 heteroatoms. The standard InChI is InChI=1S/C17H22N4O/c1-13-11-19-20(12-13)10-8-18-14(2)17(22)21-9-7-15-5-3-4-6-16(15)21/h3-6,11-12,14,18H,7-10H2,1-2H3/t14-/m1/s1. The number of nitrogens with zero attached hydrogens (tertiary/aromatic N) is 3. The second kappa shape index (κ2) is 6.32. The second-order valence-electron chi connectivity index (χ2n) is 5.83. The highest BCUT2D eigenvalue weighted by atomic mass is 16.2. The van der Waals surface area contributed by atoms with E-state index < -0.39 is 0 Å². The molecule has 116 valence electrons. The fourth-order valence-corrected chi connectivity index (χ4v) is 2.87. The number of para-hydroxylation sites is 1. The summed E-state index contributed by atoms with van der Waals surface area (Å²) in [5.74, 6) is 0.140. The number of hydrogen-bond acceptors (Lipinski definition) is 3. The van der Waals surface area contributed by atoms with Gasteiger partial charge in [-0.3, -0.25) is 9.48 Å². The van der Waals surface area contributed by atoms with Gasteiger partial charge in [-0.25, -0.2) is 0 Å². The van der Waals surface area contributed by atoms with Gasteiger partial charge in [-0.05, 0) is 37.5 Å². The summed E-state index contributed by atoms with van der Waals surface area (Å²) in [6.07, 6.45) is 4.79. The van der Waals surface area contributed by atoms with Crippen LogP contribution in [0.2, 0.25) is 0 Å². The van der Waals surface area contributed by atoms with Crippen molar-refractivity contribution in [1.82, 2.24) is 15.1 Å². The Morgan fingerprint density at radius 3 is 3.00 bits per heavy atom. The predicted octanol–water partition coefficient (Wildman–Crippen LogP) is 1.76. The van der Waals surface area contributed by atoms with Crippen molar-refractivity contribution in [3.05, 3.63) is 47.8 Å². The number of anilines is 1. The van der Waals surface area contributed by atoms with Crippen LogP contribution >= 0.6 is 0 Å². The Balaban J connectivity index is 1.54. The van der Waals surface area contributed by atoms with Gasteiger partial charge < -0.3 is 10.2 Å². The third-order valence-electron chi connectivity index (χ3n) is 4.08. The number of benzene rings is 1. The third-order valence-corrected chi connectivity index (χ3v) is 4.08. The first kappa shape index (κ1) is 14.8. The molecule has 1 aromatic heterocycles. The fraction of sp³-hybridized carbons (Fsp3) is 0.412. The molecule has 0 bridgehead atoms. The number of carbonyl (C=O) groups excluding carboxylic acids is 1. The molecule has 1 N–H and O–H groups in total. The molecule has 5 nitrogen and oxygen atoms in total. The number of fused-ring (bicyclic) bond motifs is 1. The number of aryl methyl sites for hydroxylation is 1. The first-order valence-electron chi connectivity index (χ1n) is 7.77. The Morgan fingerprint density at radius 2 is 2.23 bits per heavy atom. The molecular weight excluding hydrogens is 276 g/mol. The Labute approximate surface area is 130 Å². The number of rotatable bonds is 5. The topological polar surface area (TPSA) is 50.2 Å². The van der Waals surface area contributed by atoms with Crippen molar-refractivity contribution in [2.24, 2.45) is 0 Å². The Morgan fingerprint density at radius 1 is 1.41 bits per heavy atom. The molecule has 1 aliphatic rings. The highest BCUT2D eigenvalue weighted by molar-refractivity contribution is 5.98. The van der Waals surface area contributed by atoms with Crippen LogP contribution in [0.5, 0.6) is 0 Å². The van der Waals surface area contributed by atoms with E-state index in [-0.39, 0.29) is 11.9 Å². The number of amides is 1. The van der Waals surface area contributed by atoms with Crippen LogP contribution in [-0.4, -0.2) is 34.8 Å². The first-order chi connectivity index (χ1) is 10.6. The normalized spacial score (nSPS) is 14.9. The summed E-state index contributed by atoms with van der Waals surface area (Å²) >= 11 is 0. The van der Waals surface area contributed by atoms with Crippen LogP contribution in [0.15, 0.2) is 36.7 Å². The predicted molar refractivity (Wildman–Crippen MR) is 86.9 cm³/mol. The molecule has 0 radical (unpaired) electrons. The second-order valence-corrected chi connectivity index (χ2v) is 5.83. The summed E-state index contributed by atoms with van der Waals surface area (Å²) in [4.78, 5) is 14.5. The first-order valence-corrected chi connectivity index (χ1v) is 7.77. The van der Waals surface area contributed by atoms with Gasteiger partial charge in [-0.15, -0.1) is 0 Å². The van der Waals surface area contributed by atoms with E-state index in [1.54, 1.807) is 0 Å². The van der Waals surface area contributed by atoms with E-state index in [1.807, 2.05) is 54.0 Å². The van der Waals surface area contributed by atoms with E-state index in [0.717, 1.165) is 37.3 Å². The Bertz CT molecular complexity index is 664. The van der Waals surface area contributed by atoms with Crippen molar-refractivity contribution in [1.29, 1.82) is 0 Å². The smallest absolute Gasteiger partial charge is 0.243 e. The van der Waals surface area contributed by atoms with E-state index in [4.69, 9.17) is 0 Å². The summed E-state index contributed by atoms with van der Waals surface area (Å²) < 4.78 is 1.89. The van der Waals surface area contributed by atoms with Gasteiger partial charge in [0.2, 0.25) is 5.91 Å². The molecular formula is C17H22N4O. The van der Waals surface area contributed by atoms with Gasteiger partial charge in [0.15, 0.2) is 0 Å². The zero-order chi connectivity index (χ0) is 15.5. The van der Waals surface area contributed by atoms with Crippen molar-refractivity contribution >= 4 is 11.6 Å². The molecule has 0 unspecified atom stereocenters. The van der Waals surface area contributed by atoms with E-state index in [2.05, 4.69) is 16.5 Å². The van der Waals surface area contributed by atoms with Gasteiger partial charge in [-0.1, -0.05) is 18.2 Å². The molecule has 0 saturated carbocycles. The SMILES string of the molecule is Cc1cnn(CCN[C@H](C)C(=O)N2CCc3ccccc32)c1. The van der Waals surface area contributed by atoms with Gasteiger partial charge >= 0.3 is 0 Å². The molecule has 0 spiro atoms. The van der Waals surface area contributed by atoms with Crippen LogP contribution in [0.3, 0.4) is 0 Å². The van der Waals surface area contributed by atoms with Crippen molar-refractivity contribution in [3.63, 3.8) is 0 Å². The molecule has 3 rings (SSSR count). The average Bonchev–Trinajstić information content (AvgIpc) is 3.12. The summed E-state index contributed by atoms with van der Waals surface area (Å²) in [5.41, 5.74) is 3.47. The lowest BCUT2D eigenvalue weighted by molar-refractivity contribution is -0.120. The molecule has 2 aromatic rings. The van der Waals surface area contributed by atoms with Crippen molar-refractivity contribution in [2.45, 2.75) is 32.9 Å². The minimum Gasteiger partial charge on any atom is -0.310 e. The van der Waals surface area contributed by atoms with Crippen molar-refractivity contribution in [3.8, 4) is 0 Å². The summed E-state index contributed by atoms with van der Waals surface area (Å²) in [6.45, 7) is 6.22. The van der Waals surface area contributed by atoms with Crippen LogP contribution in [0.1, 0.15) is 18.1 Å². The minimum atomic E-state index is -0.192. The van der Waals surface area contributed by atoms with Crippen LogP contribution in [0, 0.1) is 6.92 Å². The maximum absolute atomic E-state index is 12.6. The van der Waals surface area contributed by atoms with Crippen LogP contribution in [-0.2, 0) is 17.8 Å². The molecule has 1 aliphatic heterocycles. The molecule has 1 aromatic carbocycles. The number of carbonyl (C=O) groups is 1. The van der Waals surface area contributed by atoms with Gasteiger partial charge in [0.25, 0.3) is 0 Å². The van der Waals surface area contributed by atoms with Crippen molar-refractivity contribution in [2.75, 3.05) is 18.0 Å². The number of hydrogen-bond donors (Lipinski definition) is 1. The summed E-state index contributed by atoms with van der Waals surface area (Å²) in [6, 6.07) is 7.95. The molecule has 0 fully saturated rings. The Kier molecular flexibility index (Phi) is 4.24. The maximum atomic E-state index is 12.6. The van der Waals surface area contributed by atoms with E-state index >= 15 is 0 Å². The molecule has 1 atom stereocenters. The third kappa shape index (κ3) is 3.04. The van der Waals surface area contributed by atoms with E-state index in [1.165, 1.54) is 5.56 Å².